The minimum atomic E-state index is -4.60. The van der Waals surface area contributed by atoms with Gasteiger partial charge in [-0.25, -0.2) is 4.68 Å². The van der Waals surface area contributed by atoms with Crippen LogP contribution in [0, 0.1) is 25.7 Å². The van der Waals surface area contributed by atoms with Gasteiger partial charge in [0.2, 0.25) is 5.91 Å². The Bertz CT molecular complexity index is 905. The Kier molecular flexibility index (Phi) is 4.71. The SMILES string of the molecule is Cc1cc(C)n(-c2ccc(CNC(=O)C3CC3C(=O)O)c(C(F)(F)F)c2)n1. The van der Waals surface area contributed by atoms with Gasteiger partial charge in [-0.15, -0.1) is 0 Å². The van der Waals surface area contributed by atoms with Gasteiger partial charge >= 0.3 is 12.1 Å². The molecule has 1 amide bonds. The number of amides is 1. The van der Waals surface area contributed by atoms with Crippen molar-refractivity contribution in [3.8, 4) is 5.69 Å². The molecule has 2 aromatic rings. The molecule has 0 saturated heterocycles. The molecule has 0 bridgehead atoms. The van der Waals surface area contributed by atoms with E-state index in [2.05, 4.69) is 10.4 Å². The number of nitrogens with zero attached hydrogens (tertiary/aromatic N) is 2. The molecule has 2 N–H and O–H groups in total. The van der Waals surface area contributed by atoms with Crippen molar-refractivity contribution < 1.29 is 27.9 Å². The molecular formula is C18H18F3N3O3. The van der Waals surface area contributed by atoms with Crippen LogP contribution in [0.5, 0.6) is 0 Å². The van der Waals surface area contributed by atoms with Crippen LogP contribution < -0.4 is 5.32 Å². The van der Waals surface area contributed by atoms with Crippen molar-refractivity contribution in [1.82, 2.24) is 15.1 Å². The Hall–Kier alpha value is -2.84. The summed E-state index contributed by atoms with van der Waals surface area (Å²) >= 11 is 0. The maximum Gasteiger partial charge on any atom is 0.416 e. The molecule has 6 nitrogen and oxygen atoms in total. The monoisotopic (exact) mass is 381 g/mol. The van der Waals surface area contributed by atoms with E-state index in [1.54, 1.807) is 19.9 Å². The Morgan fingerprint density at radius 3 is 2.48 bits per heavy atom. The summed E-state index contributed by atoms with van der Waals surface area (Å²) in [7, 11) is 0. The van der Waals surface area contributed by atoms with Crippen LogP contribution in [0.25, 0.3) is 5.69 Å². The van der Waals surface area contributed by atoms with Crippen LogP contribution in [-0.2, 0) is 22.3 Å². The maximum atomic E-state index is 13.5. The number of nitrogens with one attached hydrogen (secondary N) is 1. The number of aromatic nitrogens is 2. The van der Waals surface area contributed by atoms with Gasteiger partial charge in [0.25, 0.3) is 0 Å². The molecule has 1 aliphatic rings. The van der Waals surface area contributed by atoms with E-state index in [0.29, 0.717) is 11.4 Å². The van der Waals surface area contributed by atoms with E-state index < -0.39 is 35.5 Å². The number of hydrogen-bond donors (Lipinski definition) is 2. The van der Waals surface area contributed by atoms with Crippen LogP contribution in [-0.4, -0.2) is 26.8 Å². The molecule has 27 heavy (non-hydrogen) atoms. The predicted octanol–water partition coefficient (Wildman–Crippen LogP) is 2.84. The van der Waals surface area contributed by atoms with Crippen LogP contribution in [0.2, 0.25) is 0 Å². The first-order valence-electron chi connectivity index (χ1n) is 8.32. The topological polar surface area (TPSA) is 84.2 Å². The summed E-state index contributed by atoms with van der Waals surface area (Å²) in [6.45, 7) is 3.17. The maximum absolute atomic E-state index is 13.5. The molecule has 1 heterocycles. The van der Waals surface area contributed by atoms with Gasteiger partial charge in [-0.05, 0) is 44.0 Å². The van der Waals surface area contributed by atoms with Crippen LogP contribution in [0.15, 0.2) is 24.3 Å². The number of carbonyl (C=O) groups excluding carboxylic acids is 1. The lowest BCUT2D eigenvalue weighted by Crippen LogP contribution is -2.27. The lowest BCUT2D eigenvalue weighted by Gasteiger charge is -2.16. The van der Waals surface area contributed by atoms with Crippen LogP contribution >= 0.6 is 0 Å². The van der Waals surface area contributed by atoms with Gasteiger partial charge in [0.05, 0.1) is 28.8 Å². The number of hydrogen-bond acceptors (Lipinski definition) is 3. The average Bonchev–Trinajstić information content (AvgIpc) is 3.31. The van der Waals surface area contributed by atoms with E-state index in [0.717, 1.165) is 6.07 Å². The van der Waals surface area contributed by atoms with Crippen molar-refractivity contribution in [2.45, 2.75) is 33.0 Å². The number of benzene rings is 1. The predicted molar refractivity (Wildman–Crippen MR) is 89.1 cm³/mol. The van der Waals surface area contributed by atoms with E-state index in [-0.39, 0.29) is 24.2 Å². The largest absolute Gasteiger partial charge is 0.481 e. The molecule has 0 spiro atoms. The highest BCUT2D eigenvalue weighted by Crippen LogP contribution is 2.39. The summed E-state index contributed by atoms with van der Waals surface area (Å²) in [4.78, 5) is 22.7. The van der Waals surface area contributed by atoms with Crippen molar-refractivity contribution in [3.63, 3.8) is 0 Å². The smallest absolute Gasteiger partial charge is 0.416 e. The quantitative estimate of drug-likeness (QED) is 0.834. The summed E-state index contributed by atoms with van der Waals surface area (Å²) in [5.41, 5.74) is 0.716. The Labute approximate surface area is 153 Å². The molecule has 3 rings (SSSR count). The summed E-state index contributed by atoms with van der Waals surface area (Å²) in [5.74, 6) is -3.04. The highest BCUT2D eigenvalue weighted by Gasteiger charge is 2.48. The van der Waals surface area contributed by atoms with Gasteiger partial charge in [-0.2, -0.15) is 18.3 Å². The number of halogens is 3. The summed E-state index contributed by atoms with van der Waals surface area (Å²) in [6, 6.07) is 5.57. The standard InChI is InChI=1S/C18H18F3N3O3/c1-9-5-10(2)24(23-9)12-4-3-11(15(6-12)18(19,20)21)8-22-16(25)13-7-14(13)17(26)27/h3-6,13-14H,7-8H2,1-2H3,(H,22,25)(H,26,27). The molecule has 1 aliphatic carbocycles. The third kappa shape index (κ3) is 3.96. The van der Waals surface area contributed by atoms with Crippen LogP contribution in [0.4, 0.5) is 13.2 Å². The zero-order chi connectivity index (χ0) is 19.9. The fourth-order valence-corrected chi connectivity index (χ4v) is 3.08. The molecular weight excluding hydrogens is 363 g/mol. The molecule has 1 fully saturated rings. The molecule has 0 aliphatic heterocycles. The van der Waals surface area contributed by atoms with Crippen molar-refractivity contribution in [1.29, 1.82) is 0 Å². The highest BCUT2D eigenvalue weighted by atomic mass is 19.4. The summed E-state index contributed by atoms with van der Waals surface area (Å²) < 4.78 is 41.9. The van der Waals surface area contributed by atoms with Gasteiger partial charge < -0.3 is 10.4 Å². The van der Waals surface area contributed by atoms with E-state index in [1.165, 1.54) is 16.8 Å². The third-order valence-electron chi connectivity index (χ3n) is 4.55. The minimum Gasteiger partial charge on any atom is -0.481 e. The number of carboxylic acid groups (broad SMARTS) is 1. The van der Waals surface area contributed by atoms with Crippen molar-refractivity contribution in [2.24, 2.45) is 11.8 Å². The highest BCUT2D eigenvalue weighted by molar-refractivity contribution is 5.89. The Balaban J connectivity index is 1.82. The number of rotatable bonds is 5. The molecule has 1 aromatic carbocycles. The van der Waals surface area contributed by atoms with Crippen molar-refractivity contribution in [3.05, 3.63) is 46.8 Å². The minimum absolute atomic E-state index is 0.0892. The van der Waals surface area contributed by atoms with E-state index in [4.69, 9.17) is 5.11 Å². The normalized spacial score (nSPS) is 19.0. The molecule has 2 unspecified atom stereocenters. The van der Waals surface area contributed by atoms with Gasteiger partial charge in [0, 0.05) is 12.2 Å². The third-order valence-corrected chi connectivity index (χ3v) is 4.55. The first kappa shape index (κ1) is 18.9. The lowest BCUT2D eigenvalue weighted by molar-refractivity contribution is -0.140. The van der Waals surface area contributed by atoms with Crippen molar-refractivity contribution in [2.75, 3.05) is 0 Å². The fraction of sp³-hybridized carbons (Fsp3) is 0.389. The number of alkyl halides is 3. The fourth-order valence-electron chi connectivity index (χ4n) is 3.08. The van der Waals surface area contributed by atoms with Gasteiger partial charge in [0.15, 0.2) is 0 Å². The Morgan fingerprint density at radius 2 is 1.96 bits per heavy atom. The second kappa shape index (κ2) is 6.71. The molecule has 2 atom stereocenters. The number of aryl methyl sites for hydroxylation is 2. The Morgan fingerprint density at radius 1 is 1.26 bits per heavy atom. The molecule has 144 valence electrons. The molecule has 9 heteroatoms. The first-order chi connectivity index (χ1) is 12.6. The van der Waals surface area contributed by atoms with Gasteiger partial charge in [0.1, 0.15) is 0 Å². The molecule has 1 aromatic heterocycles. The number of carboxylic acids is 1. The van der Waals surface area contributed by atoms with Crippen LogP contribution in [0.1, 0.15) is 28.9 Å². The average molecular weight is 381 g/mol. The molecule has 0 radical (unpaired) electrons. The lowest BCUT2D eigenvalue weighted by atomic mass is 10.1. The van der Waals surface area contributed by atoms with Gasteiger partial charge in [-0.1, -0.05) is 6.07 Å². The van der Waals surface area contributed by atoms with E-state index in [1.807, 2.05) is 0 Å². The van der Waals surface area contributed by atoms with Crippen LogP contribution in [0.3, 0.4) is 0 Å². The second-order valence-corrected chi connectivity index (χ2v) is 6.68. The van der Waals surface area contributed by atoms with E-state index in [9.17, 15) is 22.8 Å². The first-order valence-corrected chi connectivity index (χ1v) is 8.32. The van der Waals surface area contributed by atoms with Crippen molar-refractivity contribution >= 4 is 11.9 Å². The second-order valence-electron chi connectivity index (χ2n) is 6.68. The van der Waals surface area contributed by atoms with E-state index >= 15 is 0 Å². The number of aliphatic carboxylic acids is 1. The van der Waals surface area contributed by atoms with Gasteiger partial charge in [-0.3, -0.25) is 9.59 Å². The molecule has 1 saturated carbocycles. The number of carbonyl (C=O) groups is 2. The summed E-state index contributed by atoms with van der Waals surface area (Å²) in [6.07, 6.45) is -4.39. The zero-order valence-corrected chi connectivity index (χ0v) is 14.7. The zero-order valence-electron chi connectivity index (χ0n) is 14.7. The summed E-state index contributed by atoms with van der Waals surface area (Å²) in [5, 5.41) is 15.4.